The lowest BCUT2D eigenvalue weighted by molar-refractivity contribution is 0.103. The number of fused-ring (bicyclic) bond motifs is 1. The Morgan fingerprint density at radius 1 is 0.800 bits per heavy atom. The molecule has 0 bridgehead atoms. The fourth-order valence-corrected chi connectivity index (χ4v) is 2.29. The van der Waals surface area contributed by atoms with Crippen LogP contribution in [0, 0.1) is 0 Å². The van der Waals surface area contributed by atoms with Crippen LogP contribution in [-0.4, -0.2) is 12.1 Å². The highest BCUT2D eigenvalue weighted by atomic mass is 16.1. The van der Waals surface area contributed by atoms with Crippen molar-refractivity contribution in [3.8, 4) is 0 Å². The van der Waals surface area contributed by atoms with Crippen molar-refractivity contribution in [2.75, 3.05) is 0 Å². The van der Waals surface area contributed by atoms with E-state index in [4.69, 9.17) is 0 Å². The summed E-state index contributed by atoms with van der Waals surface area (Å²) in [6.45, 7) is 0. The summed E-state index contributed by atoms with van der Waals surface area (Å²) >= 11 is 0. The molecule has 0 fully saturated rings. The van der Waals surface area contributed by atoms with E-state index in [2.05, 4.69) is 0 Å². The molecule has 0 atom stereocenters. The van der Waals surface area contributed by atoms with Crippen LogP contribution in [0.2, 0.25) is 0 Å². The number of benzene rings is 3. The lowest BCUT2D eigenvalue weighted by atomic mass is 9.97. The van der Waals surface area contributed by atoms with Crippen LogP contribution in [0.15, 0.2) is 66.7 Å². The first-order valence-electron chi connectivity index (χ1n) is 6.37. The Morgan fingerprint density at radius 2 is 1.50 bits per heavy atom. The quantitative estimate of drug-likeness (QED) is 0.529. The highest BCUT2D eigenvalue weighted by Gasteiger charge is 2.11. The molecule has 0 aliphatic carbocycles. The lowest BCUT2D eigenvalue weighted by Crippen LogP contribution is -2.02. The van der Waals surface area contributed by atoms with Crippen molar-refractivity contribution in [1.82, 2.24) is 0 Å². The van der Waals surface area contributed by atoms with Gasteiger partial charge in [-0.2, -0.15) is 0 Å². The first-order chi connectivity index (χ1) is 9.79. The van der Waals surface area contributed by atoms with Gasteiger partial charge < -0.3 is 0 Å². The van der Waals surface area contributed by atoms with E-state index in [0.717, 1.165) is 17.1 Å². The zero-order chi connectivity index (χ0) is 13.9. The third-order valence-corrected chi connectivity index (χ3v) is 3.34. The lowest BCUT2D eigenvalue weighted by Gasteiger charge is -2.06. The van der Waals surface area contributed by atoms with Crippen molar-refractivity contribution in [3.63, 3.8) is 0 Å². The minimum atomic E-state index is -0.0285. The minimum absolute atomic E-state index is 0.0285. The number of carbonyl (C=O) groups is 2. The Kier molecular flexibility index (Phi) is 3.13. The van der Waals surface area contributed by atoms with E-state index < -0.39 is 0 Å². The van der Waals surface area contributed by atoms with Gasteiger partial charge in [0.25, 0.3) is 0 Å². The summed E-state index contributed by atoms with van der Waals surface area (Å²) < 4.78 is 0. The molecule has 0 radical (unpaired) electrons. The molecule has 3 aromatic rings. The second kappa shape index (κ2) is 5.10. The van der Waals surface area contributed by atoms with Gasteiger partial charge in [0.1, 0.15) is 6.29 Å². The smallest absolute Gasteiger partial charge is 0.193 e. The maximum absolute atomic E-state index is 12.6. The van der Waals surface area contributed by atoms with E-state index in [9.17, 15) is 9.59 Å². The summed E-state index contributed by atoms with van der Waals surface area (Å²) in [5, 5.41) is 1.99. The molecule has 3 rings (SSSR count). The molecule has 2 heteroatoms. The van der Waals surface area contributed by atoms with E-state index in [0.29, 0.717) is 16.7 Å². The predicted molar refractivity (Wildman–Crippen MR) is 79.2 cm³/mol. The predicted octanol–water partition coefficient (Wildman–Crippen LogP) is 3.88. The van der Waals surface area contributed by atoms with Crippen LogP contribution in [0.4, 0.5) is 0 Å². The second-order valence-corrected chi connectivity index (χ2v) is 4.60. The first-order valence-corrected chi connectivity index (χ1v) is 6.37. The molecule has 0 heterocycles. The Morgan fingerprint density at radius 3 is 2.25 bits per heavy atom. The molecule has 0 aromatic heterocycles. The second-order valence-electron chi connectivity index (χ2n) is 4.60. The molecular formula is C18H12O2. The molecule has 0 unspecified atom stereocenters. The molecule has 20 heavy (non-hydrogen) atoms. The molecule has 0 saturated carbocycles. The first kappa shape index (κ1) is 12.3. The normalized spacial score (nSPS) is 10.4. The molecule has 0 amide bonds. The van der Waals surface area contributed by atoms with Crippen molar-refractivity contribution in [2.45, 2.75) is 0 Å². The molecular weight excluding hydrogens is 248 g/mol. The monoisotopic (exact) mass is 260 g/mol. The Labute approximate surface area is 116 Å². The van der Waals surface area contributed by atoms with Crippen LogP contribution in [0.25, 0.3) is 10.8 Å². The zero-order valence-electron chi connectivity index (χ0n) is 10.7. The van der Waals surface area contributed by atoms with Gasteiger partial charge in [-0.3, -0.25) is 9.59 Å². The van der Waals surface area contributed by atoms with Gasteiger partial charge in [0.2, 0.25) is 0 Å². The van der Waals surface area contributed by atoms with Crippen LogP contribution in [0.1, 0.15) is 26.3 Å². The van der Waals surface area contributed by atoms with Gasteiger partial charge in [0, 0.05) is 16.7 Å². The summed E-state index contributed by atoms with van der Waals surface area (Å²) in [4.78, 5) is 23.2. The van der Waals surface area contributed by atoms with Crippen molar-refractivity contribution >= 4 is 22.8 Å². The zero-order valence-corrected chi connectivity index (χ0v) is 10.7. The highest BCUT2D eigenvalue weighted by molar-refractivity contribution is 6.16. The summed E-state index contributed by atoms with van der Waals surface area (Å²) in [6, 6.07) is 20.2. The van der Waals surface area contributed by atoms with Gasteiger partial charge in [-0.1, -0.05) is 66.7 Å². The molecule has 96 valence electrons. The summed E-state index contributed by atoms with van der Waals surface area (Å²) in [7, 11) is 0. The highest BCUT2D eigenvalue weighted by Crippen LogP contribution is 2.21. The average Bonchev–Trinajstić information content (AvgIpc) is 2.54. The number of carbonyl (C=O) groups excluding carboxylic acids is 2. The topological polar surface area (TPSA) is 34.1 Å². The Bertz CT molecular complexity index is 781. The fourth-order valence-electron chi connectivity index (χ4n) is 2.29. The Balaban J connectivity index is 2.10. The third-order valence-electron chi connectivity index (χ3n) is 3.34. The number of ketones is 1. The van der Waals surface area contributed by atoms with Crippen LogP contribution < -0.4 is 0 Å². The number of rotatable bonds is 3. The third kappa shape index (κ3) is 2.12. The molecule has 2 nitrogen and oxygen atoms in total. The van der Waals surface area contributed by atoms with Gasteiger partial charge in [-0.05, 0) is 10.8 Å². The van der Waals surface area contributed by atoms with E-state index in [1.54, 1.807) is 24.3 Å². The fraction of sp³-hybridized carbons (Fsp3) is 0. The van der Waals surface area contributed by atoms with Crippen LogP contribution in [0.3, 0.4) is 0 Å². The summed E-state index contributed by atoms with van der Waals surface area (Å²) in [5.41, 5.74) is 1.84. The van der Waals surface area contributed by atoms with Gasteiger partial charge in [-0.15, -0.1) is 0 Å². The number of hydrogen-bond donors (Lipinski definition) is 0. The van der Waals surface area contributed by atoms with Crippen molar-refractivity contribution in [1.29, 1.82) is 0 Å². The molecule has 0 spiro atoms. The molecule has 0 aliphatic heterocycles. The largest absolute Gasteiger partial charge is 0.298 e. The van der Waals surface area contributed by atoms with Crippen molar-refractivity contribution in [3.05, 3.63) is 83.4 Å². The van der Waals surface area contributed by atoms with Gasteiger partial charge >= 0.3 is 0 Å². The minimum Gasteiger partial charge on any atom is -0.298 e. The average molecular weight is 260 g/mol. The van der Waals surface area contributed by atoms with Crippen LogP contribution in [-0.2, 0) is 0 Å². The maximum atomic E-state index is 12.6. The summed E-state index contributed by atoms with van der Waals surface area (Å²) in [5.74, 6) is -0.0285. The number of aldehydes is 1. The van der Waals surface area contributed by atoms with E-state index >= 15 is 0 Å². The maximum Gasteiger partial charge on any atom is 0.193 e. The SMILES string of the molecule is O=Cc1ccc(C(=O)c2cccc3ccccc23)cc1. The molecule has 0 saturated heterocycles. The van der Waals surface area contributed by atoms with Crippen LogP contribution in [0.5, 0.6) is 0 Å². The van der Waals surface area contributed by atoms with E-state index in [1.807, 2.05) is 42.5 Å². The molecule has 3 aromatic carbocycles. The van der Waals surface area contributed by atoms with Crippen LogP contribution >= 0.6 is 0 Å². The van der Waals surface area contributed by atoms with Gasteiger partial charge in [-0.25, -0.2) is 0 Å². The summed E-state index contributed by atoms with van der Waals surface area (Å²) in [6.07, 6.45) is 0.770. The van der Waals surface area contributed by atoms with Crippen molar-refractivity contribution < 1.29 is 9.59 Å². The number of hydrogen-bond acceptors (Lipinski definition) is 2. The van der Waals surface area contributed by atoms with Crippen molar-refractivity contribution in [2.24, 2.45) is 0 Å². The standard InChI is InChI=1S/C18H12O2/c19-12-13-8-10-15(11-9-13)18(20)17-7-3-5-14-4-1-2-6-16(14)17/h1-12H. The van der Waals surface area contributed by atoms with E-state index in [1.165, 1.54) is 0 Å². The molecule has 0 N–H and O–H groups in total. The Hall–Kier alpha value is -2.74. The van der Waals surface area contributed by atoms with Gasteiger partial charge in [0.15, 0.2) is 5.78 Å². The molecule has 0 aliphatic rings. The van der Waals surface area contributed by atoms with Gasteiger partial charge in [0.05, 0.1) is 0 Å². The van der Waals surface area contributed by atoms with E-state index in [-0.39, 0.29) is 5.78 Å².